The van der Waals surface area contributed by atoms with Crippen LogP contribution < -0.4 is 10.6 Å². The summed E-state index contributed by atoms with van der Waals surface area (Å²) in [6, 6.07) is 0.599. The number of rotatable bonds is 6. The smallest absolute Gasteiger partial charge is 0.191 e. The van der Waals surface area contributed by atoms with Crippen LogP contribution in [0.25, 0.3) is 0 Å². The molecule has 0 spiro atoms. The lowest BCUT2D eigenvalue weighted by Gasteiger charge is -2.31. The standard InChI is InChI=1S/C21H37N5S.HI/c1-4-22-21(25-19-7-5-16(2)6-8-19)23-13-18-9-11-26(12-10-18)14-20-15-27-17(3)24-20;/h15-16,18-19H,4-14H2,1-3H3,(H2,22,23,25);1H. The number of halogens is 1. The second-order valence-corrected chi connectivity index (χ2v) is 9.46. The molecule has 0 unspecified atom stereocenters. The van der Waals surface area contributed by atoms with Crippen LogP contribution in [0.5, 0.6) is 0 Å². The Hall–Kier alpha value is -0.410. The van der Waals surface area contributed by atoms with Gasteiger partial charge in [0.1, 0.15) is 0 Å². The Labute approximate surface area is 192 Å². The molecule has 0 bridgehead atoms. The molecule has 2 heterocycles. The molecule has 2 fully saturated rings. The molecule has 3 rings (SSSR count). The molecule has 1 aromatic rings. The van der Waals surface area contributed by atoms with Gasteiger partial charge in [0.05, 0.1) is 10.7 Å². The van der Waals surface area contributed by atoms with E-state index in [-0.39, 0.29) is 24.0 Å². The van der Waals surface area contributed by atoms with E-state index in [1.807, 2.05) is 0 Å². The number of aryl methyl sites for hydroxylation is 1. The van der Waals surface area contributed by atoms with Crippen LogP contribution in [0.1, 0.15) is 63.1 Å². The summed E-state index contributed by atoms with van der Waals surface area (Å²) in [4.78, 5) is 12.1. The monoisotopic (exact) mass is 519 g/mol. The molecule has 7 heteroatoms. The average Bonchev–Trinajstić information content (AvgIpc) is 3.08. The summed E-state index contributed by atoms with van der Waals surface area (Å²) < 4.78 is 0. The molecule has 28 heavy (non-hydrogen) atoms. The van der Waals surface area contributed by atoms with Gasteiger partial charge in [-0.2, -0.15) is 0 Å². The van der Waals surface area contributed by atoms with Crippen LogP contribution >= 0.6 is 35.3 Å². The number of aromatic nitrogens is 1. The van der Waals surface area contributed by atoms with E-state index in [1.54, 1.807) is 11.3 Å². The van der Waals surface area contributed by atoms with Crippen molar-refractivity contribution >= 4 is 41.3 Å². The maximum absolute atomic E-state index is 4.93. The minimum Gasteiger partial charge on any atom is -0.357 e. The van der Waals surface area contributed by atoms with Gasteiger partial charge in [-0.25, -0.2) is 4.98 Å². The Bertz CT molecular complexity index is 589. The van der Waals surface area contributed by atoms with Gasteiger partial charge in [-0.3, -0.25) is 9.89 Å². The van der Waals surface area contributed by atoms with Crippen molar-refractivity contribution in [3.05, 3.63) is 16.1 Å². The number of likely N-dealkylation sites (tertiary alicyclic amines) is 1. The summed E-state index contributed by atoms with van der Waals surface area (Å²) in [7, 11) is 0. The number of hydrogen-bond acceptors (Lipinski definition) is 4. The van der Waals surface area contributed by atoms with Gasteiger partial charge in [-0.1, -0.05) is 6.92 Å². The van der Waals surface area contributed by atoms with Crippen molar-refractivity contribution in [2.45, 2.75) is 71.9 Å². The minimum absolute atomic E-state index is 0. The lowest BCUT2D eigenvalue weighted by molar-refractivity contribution is 0.179. The minimum atomic E-state index is 0. The second-order valence-electron chi connectivity index (χ2n) is 8.40. The van der Waals surface area contributed by atoms with Crippen molar-refractivity contribution in [3.8, 4) is 0 Å². The summed E-state index contributed by atoms with van der Waals surface area (Å²) in [5.41, 5.74) is 1.23. The maximum Gasteiger partial charge on any atom is 0.191 e. The Morgan fingerprint density at radius 1 is 1.21 bits per heavy atom. The highest BCUT2D eigenvalue weighted by Gasteiger charge is 2.21. The quantitative estimate of drug-likeness (QED) is 0.332. The predicted molar refractivity (Wildman–Crippen MR) is 131 cm³/mol. The molecule has 160 valence electrons. The van der Waals surface area contributed by atoms with E-state index in [2.05, 4.69) is 46.7 Å². The van der Waals surface area contributed by atoms with Crippen molar-refractivity contribution in [1.29, 1.82) is 0 Å². The Kier molecular flexibility index (Phi) is 10.5. The van der Waals surface area contributed by atoms with E-state index in [4.69, 9.17) is 4.99 Å². The summed E-state index contributed by atoms with van der Waals surface area (Å²) in [5.74, 6) is 2.62. The number of nitrogens with zero attached hydrogens (tertiary/aromatic N) is 3. The van der Waals surface area contributed by atoms with Crippen molar-refractivity contribution in [2.24, 2.45) is 16.8 Å². The molecular weight excluding hydrogens is 481 g/mol. The third kappa shape index (κ3) is 7.78. The molecule has 2 aliphatic rings. The van der Waals surface area contributed by atoms with Gasteiger partial charge in [0.2, 0.25) is 0 Å². The molecule has 0 atom stereocenters. The molecule has 1 aromatic heterocycles. The second kappa shape index (κ2) is 12.3. The van der Waals surface area contributed by atoms with Gasteiger partial charge in [-0.15, -0.1) is 35.3 Å². The zero-order valence-electron chi connectivity index (χ0n) is 17.7. The van der Waals surface area contributed by atoms with Crippen LogP contribution in [0.15, 0.2) is 10.4 Å². The van der Waals surface area contributed by atoms with E-state index < -0.39 is 0 Å². The highest BCUT2D eigenvalue weighted by atomic mass is 127. The van der Waals surface area contributed by atoms with Crippen LogP contribution in [0, 0.1) is 18.8 Å². The molecule has 1 saturated carbocycles. The third-order valence-corrected chi connectivity index (χ3v) is 6.79. The summed E-state index contributed by atoms with van der Waals surface area (Å²) >= 11 is 1.75. The zero-order chi connectivity index (χ0) is 19.1. The zero-order valence-corrected chi connectivity index (χ0v) is 20.9. The third-order valence-electron chi connectivity index (χ3n) is 5.97. The summed E-state index contributed by atoms with van der Waals surface area (Å²) in [6.07, 6.45) is 7.72. The number of thiazole rings is 1. The number of aliphatic imine (C=N–C) groups is 1. The number of nitrogens with one attached hydrogen (secondary N) is 2. The molecule has 0 radical (unpaired) electrons. The van der Waals surface area contributed by atoms with Crippen LogP contribution in [0.4, 0.5) is 0 Å². The average molecular weight is 520 g/mol. The fourth-order valence-corrected chi connectivity index (χ4v) is 4.78. The van der Waals surface area contributed by atoms with Gasteiger partial charge in [0.15, 0.2) is 5.96 Å². The van der Waals surface area contributed by atoms with E-state index in [0.29, 0.717) is 12.0 Å². The van der Waals surface area contributed by atoms with E-state index in [9.17, 15) is 0 Å². The SMILES string of the molecule is CCNC(=NCC1CCN(Cc2csc(C)n2)CC1)NC1CCC(C)CC1.I. The fourth-order valence-electron chi connectivity index (χ4n) is 4.18. The lowest BCUT2D eigenvalue weighted by atomic mass is 9.87. The molecule has 1 aliphatic carbocycles. The largest absolute Gasteiger partial charge is 0.357 e. The molecular formula is C21H38IN5S. The number of guanidine groups is 1. The van der Waals surface area contributed by atoms with Crippen molar-refractivity contribution in [1.82, 2.24) is 20.5 Å². The first-order valence-electron chi connectivity index (χ1n) is 10.8. The van der Waals surface area contributed by atoms with Crippen molar-refractivity contribution < 1.29 is 0 Å². The highest BCUT2D eigenvalue weighted by molar-refractivity contribution is 14.0. The lowest BCUT2D eigenvalue weighted by Crippen LogP contribution is -2.45. The number of hydrogen-bond donors (Lipinski definition) is 2. The van der Waals surface area contributed by atoms with Crippen LogP contribution in [0.2, 0.25) is 0 Å². The predicted octanol–water partition coefficient (Wildman–Crippen LogP) is 4.42. The van der Waals surface area contributed by atoms with Crippen molar-refractivity contribution in [2.75, 3.05) is 26.2 Å². The molecule has 0 amide bonds. The van der Waals surface area contributed by atoms with Gasteiger partial charge in [-0.05, 0) is 77.3 Å². The van der Waals surface area contributed by atoms with Crippen molar-refractivity contribution in [3.63, 3.8) is 0 Å². The summed E-state index contributed by atoms with van der Waals surface area (Å²) in [6.45, 7) is 11.8. The fraction of sp³-hybridized carbons (Fsp3) is 0.810. The van der Waals surface area contributed by atoms with Crippen LogP contribution in [-0.4, -0.2) is 48.1 Å². The molecule has 1 saturated heterocycles. The Morgan fingerprint density at radius 2 is 1.93 bits per heavy atom. The molecule has 1 aliphatic heterocycles. The van der Waals surface area contributed by atoms with Crippen LogP contribution in [-0.2, 0) is 6.54 Å². The topological polar surface area (TPSA) is 52.6 Å². The maximum atomic E-state index is 4.93. The van der Waals surface area contributed by atoms with Gasteiger partial charge >= 0.3 is 0 Å². The Morgan fingerprint density at radius 3 is 2.54 bits per heavy atom. The number of piperidine rings is 1. The van der Waals surface area contributed by atoms with Gasteiger partial charge in [0, 0.05) is 31.1 Å². The Balaban J connectivity index is 0.00000280. The van der Waals surface area contributed by atoms with Crippen LogP contribution in [0.3, 0.4) is 0 Å². The van der Waals surface area contributed by atoms with E-state index in [0.717, 1.165) is 31.5 Å². The van der Waals surface area contributed by atoms with Gasteiger partial charge < -0.3 is 10.6 Å². The first-order valence-corrected chi connectivity index (χ1v) is 11.7. The normalized spacial score (nSPS) is 24.6. The highest BCUT2D eigenvalue weighted by Crippen LogP contribution is 2.23. The first kappa shape index (κ1) is 23.9. The summed E-state index contributed by atoms with van der Waals surface area (Å²) in [5, 5.41) is 10.5. The van der Waals surface area contributed by atoms with Gasteiger partial charge in [0.25, 0.3) is 0 Å². The molecule has 2 N–H and O–H groups in total. The molecule has 5 nitrogen and oxygen atoms in total. The van der Waals surface area contributed by atoms with E-state index >= 15 is 0 Å². The molecule has 0 aromatic carbocycles. The first-order chi connectivity index (χ1) is 13.1. The van der Waals surface area contributed by atoms with E-state index in [1.165, 1.54) is 62.3 Å².